The van der Waals surface area contributed by atoms with Crippen molar-refractivity contribution in [3.05, 3.63) is 71.2 Å². The van der Waals surface area contributed by atoms with E-state index < -0.39 is 29.1 Å². The van der Waals surface area contributed by atoms with E-state index in [0.717, 1.165) is 12.1 Å². The summed E-state index contributed by atoms with van der Waals surface area (Å²) in [7, 11) is 0. The molecule has 0 bridgehead atoms. The van der Waals surface area contributed by atoms with Crippen molar-refractivity contribution in [2.75, 3.05) is 12.0 Å². The largest absolute Gasteiger partial charge is 0.462 e. The monoisotopic (exact) mass is 413 g/mol. The molecule has 0 saturated carbocycles. The number of esters is 1. The highest BCUT2D eigenvalue weighted by Gasteiger charge is 2.17. The number of anilines is 1. The van der Waals surface area contributed by atoms with Gasteiger partial charge in [-0.2, -0.15) is 5.10 Å². The van der Waals surface area contributed by atoms with Gasteiger partial charge in [0.1, 0.15) is 0 Å². The second kappa shape index (κ2) is 9.03. The fraction of sp³-hybridized carbons (Fsp3) is 0.150. The topological polar surface area (TPSA) is 106 Å². The zero-order chi connectivity index (χ0) is 21.7. The number of ether oxygens (including phenoxy) is 1. The number of halogens is 2. The number of rotatable bonds is 6. The van der Waals surface area contributed by atoms with E-state index in [0.29, 0.717) is 16.8 Å². The molecule has 0 fully saturated rings. The molecule has 2 N–H and O–H groups in total. The third kappa shape index (κ3) is 4.37. The van der Waals surface area contributed by atoms with Gasteiger partial charge in [0, 0.05) is 17.3 Å². The molecular formula is C20H17F2N5O3. The maximum atomic E-state index is 13.8. The van der Waals surface area contributed by atoms with Crippen LogP contribution in [0.15, 0.2) is 42.7 Å². The summed E-state index contributed by atoms with van der Waals surface area (Å²) in [6, 6.07) is 6.44. The molecule has 3 aromatic rings. The summed E-state index contributed by atoms with van der Waals surface area (Å²) in [5.74, 6) is -3.71. The van der Waals surface area contributed by atoms with Gasteiger partial charge >= 0.3 is 5.97 Å². The van der Waals surface area contributed by atoms with Crippen LogP contribution in [-0.2, 0) is 4.74 Å². The number of hydrogen-bond donors (Lipinski definition) is 2. The Balaban J connectivity index is 1.87. The number of nitrogens with one attached hydrogen (secondary N) is 2. The molecule has 0 aliphatic heterocycles. The van der Waals surface area contributed by atoms with Gasteiger partial charge in [-0.05, 0) is 38.1 Å². The lowest BCUT2D eigenvalue weighted by atomic mass is 10.1. The van der Waals surface area contributed by atoms with Crippen molar-refractivity contribution in [3.8, 4) is 11.1 Å². The molecule has 0 aliphatic carbocycles. The second-order valence-electron chi connectivity index (χ2n) is 6.05. The lowest BCUT2D eigenvalue weighted by molar-refractivity contribution is 0.0525. The van der Waals surface area contributed by atoms with Crippen LogP contribution in [0.25, 0.3) is 11.1 Å². The Morgan fingerprint density at radius 1 is 1.17 bits per heavy atom. The maximum Gasteiger partial charge on any atom is 0.339 e. The number of hydrogen-bond acceptors (Lipinski definition) is 7. The lowest BCUT2D eigenvalue weighted by Gasteiger charge is -2.13. The third-order valence-corrected chi connectivity index (χ3v) is 4.10. The van der Waals surface area contributed by atoms with Crippen molar-refractivity contribution < 1.29 is 23.1 Å². The average molecular weight is 413 g/mol. The Hall–Kier alpha value is -3.95. The molecule has 2 aromatic heterocycles. The van der Waals surface area contributed by atoms with Gasteiger partial charge in [0.25, 0.3) is 5.91 Å². The fourth-order valence-electron chi connectivity index (χ4n) is 2.62. The van der Waals surface area contributed by atoms with E-state index in [4.69, 9.17) is 4.74 Å². The first-order valence-electron chi connectivity index (χ1n) is 8.88. The van der Waals surface area contributed by atoms with Crippen LogP contribution >= 0.6 is 0 Å². The Bertz CT molecular complexity index is 1110. The zero-order valence-corrected chi connectivity index (χ0v) is 16.1. The maximum absolute atomic E-state index is 13.8. The van der Waals surface area contributed by atoms with Crippen molar-refractivity contribution in [1.82, 2.24) is 20.6 Å². The van der Waals surface area contributed by atoms with E-state index in [1.807, 2.05) is 0 Å². The van der Waals surface area contributed by atoms with E-state index >= 15 is 0 Å². The van der Waals surface area contributed by atoms with Crippen molar-refractivity contribution in [2.24, 2.45) is 0 Å². The number of amides is 1. The van der Waals surface area contributed by atoms with Gasteiger partial charge < -0.3 is 4.74 Å². The Labute approximate surface area is 170 Å². The summed E-state index contributed by atoms with van der Waals surface area (Å²) in [5.41, 5.74) is 6.05. The van der Waals surface area contributed by atoms with Crippen LogP contribution in [0.2, 0.25) is 0 Å². The van der Waals surface area contributed by atoms with Gasteiger partial charge in [-0.25, -0.2) is 13.6 Å². The number of pyridine rings is 1. The van der Waals surface area contributed by atoms with Crippen LogP contribution in [0, 0.1) is 18.6 Å². The van der Waals surface area contributed by atoms with Gasteiger partial charge in [0.15, 0.2) is 17.5 Å². The first-order valence-corrected chi connectivity index (χ1v) is 8.88. The molecular weight excluding hydrogens is 396 g/mol. The third-order valence-electron chi connectivity index (χ3n) is 4.10. The van der Waals surface area contributed by atoms with E-state index in [1.165, 1.54) is 18.5 Å². The fourth-order valence-corrected chi connectivity index (χ4v) is 2.62. The Morgan fingerprint density at radius 2 is 1.97 bits per heavy atom. The predicted octanol–water partition coefficient (Wildman–Crippen LogP) is 3.06. The number of aryl methyl sites for hydroxylation is 1. The molecule has 0 unspecified atom stereocenters. The highest BCUT2D eigenvalue weighted by Crippen LogP contribution is 2.26. The minimum absolute atomic E-state index is 0.114. The SMILES string of the molecule is CCOC(=O)c1cc(-c2ccnnc2NNC(=O)c2cccc(F)c2F)cnc1C. The molecule has 30 heavy (non-hydrogen) atoms. The molecule has 0 spiro atoms. The van der Waals surface area contributed by atoms with E-state index in [-0.39, 0.29) is 18.0 Å². The molecule has 10 heteroatoms. The standard InChI is InChI=1S/C20H17F2N5O3/c1-3-30-20(29)15-9-12(10-23-11(15)2)13-7-8-24-25-18(13)26-27-19(28)14-5-4-6-16(21)17(14)22/h4-10H,3H2,1-2H3,(H,25,26)(H,27,28). The average Bonchev–Trinajstić information content (AvgIpc) is 2.74. The van der Waals surface area contributed by atoms with Crippen molar-refractivity contribution >= 4 is 17.7 Å². The number of hydrazine groups is 1. The molecule has 1 amide bonds. The van der Waals surface area contributed by atoms with Gasteiger partial charge in [-0.3, -0.25) is 20.6 Å². The zero-order valence-electron chi connectivity index (χ0n) is 16.1. The first-order chi connectivity index (χ1) is 14.4. The quantitative estimate of drug-likeness (QED) is 0.473. The Morgan fingerprint density at radius 3 is 2.73 bits per heavy atom. The normalized spacial score (nSPS) is 10.4. The minimum atomic E-state index is -1.27. The molecule has 0 saturated heterocycles. The molecule has 1 aromatic carbocycles. The summed E-state index contributed by atoms with van der Waals surface area (Å²) < 4.78 is 32.2. The summed E-state index contributed by atoms with van der Waals surface area (Å²) >= 11 is 0. The highest BCUT2D eigenvalue weighted by molar-refractivity contribution is 5.96. The number of nitrogens with zero attached hydrogens (tertiary/aromatic N) is 3. The van der Waals surface area contributed by atoms with E-state index in [2.05, 4.69) is 26.0 Å². The van der Waals surface area contributed by atoms with Crippen LogP contribution in [0.3, 0.4) is 0 Å². The molecule has 8 nitrogen and oxygen atoms in total. The number of carbonyl (C=O) groups is 2. The molecule has 2 heterocycles. The van der Waals surface area contributed by atoms with Gasteiger partial charge in [-0.1, -0.05) is 6.07 Å². The Kier molecular flexibility index (Phi) is 6.26. The first kappa shape index (κ1) is 20.8. The smallest absolute Gasteiger partial charge is 0.339 e. The van der Waals surface area contributed by atoms with Crippen LogP contribution < -0.4 is 10.9 Å². The van der Waals surface area contributed by atoms with Crippen LogP contribution in [0.5, 0.6) is 0 Å². The predicted molar refractivity (Wildman–Crippen MR) is 103 cm³/mol. The highest BCUT2D eigenvalue weighted by atomic mass is 19.2. The minimum Gasteiger partial charge on any atom is -0.462 e. The van der Waals surface area contributed by atoms with Crippen LogP contribution in [0.4, 0.5) is 14.6 Å². The molecule has 0 aliphatic rings. The summed E-state index contributed by atoms with van der Waals surface area (Å²) in [6.45, 7) is 3.59. The van der Waals surface area contributed by atoms with E-state index in [9.17, 15) is 18.4 Å². The number of carbonyl (C=O) groups excluding carboxylic acids is 2. The van der Waals surface area contributed by atoms with Crippen molar-refractivity contribution in [1.29, 1.82) is 0 Å². The van der Waals surface area contributed by atoms with Crippen molar-refractivity contribution in [3.63, 3.8) is 0 Å². The molecule has 0 radical (unpaired) electrons. The second-order valence-corrected chi connectivity index (χ2v) is 6.05. The van der Waals surface area contributed by atoms with Gasteiger partial charge in [-0.15, -0.1) is 5.10 Å². The summed E-state index contributed by atoms with van der Waals surface area (Å²) in [5, 5.41) is 7.65. The van der Waals surface area contributed by atoms with E-state index in [1.54, 1.807) is 26.0 Å². The molecule has 154 valence electrons. The van der Waals surface area contributed by atoms with Crippen LogP contribution in [-0.4, -0.2) is 33.7 Å². The summed E-state index contributed by atoms with van der Waals surface area (Å²) in [6.07, 6.45) is 2.94. The van der Waals surface area contributed by atoms with Crippen LogP contribution in [0.1, 0.15) is 33.3 Å². The van der Waals surface area contributed by atoms with Gasteiger partial charge in [0.05, 0.1) is 29.6 Å². The van der Waals surface area contributed by atoms with Gasteiger partial charge in [0.2, 0.25) is 0 Å². The molecule has 0 atom stereocenters. The molecule has 3 rings (SSSR count). The number of benzene rings is 1. The number of aromatic nitrogens is 3. The summed E-state index contributed by atoms with van der Waals surface area (Å²) in [4.78, 5) is 28.5. The van der Waals surface area contributed by atoms with Crippen molar-refractivity contribution in [2.45, 2.75) is 13.8 Å². The lowest BCUT2D eigenvalue weighted by Crippen LogP contribution is -2.31.